The van der Waals surface area contributed by atoms with E-state index in [2.05, 4.69) is 0 Å². The molecule has 0 aliphatic carbocycles. The van der Waals surface area contributed by atoms with Gasteiger partial charge in [-0.05, 0) is 31.2 Å². The lowest BCUT2D eigenvalue weighted by Gasteiger charge is -2.16. The van der Waals surface area contributed by atoms with Crippen LogP contribution in [0.4, 0.5) is 0 Å². The van der Waals surface area contributed by atoms with Crippen molar-refractivity contribution in [3.8, 4) is 0 Å². The van der Waals surface area contributed by atoms with Gasteiger partial charge in [0.25, 0.3) is 0 Å². The normalized spacial score (nSPS) is 11.3. The van der Waals surface area contributed by atoms with Gasteiger partial charge < -0.3 is 9.47 Å². The predicted octanol–water partition coefficient (Wildman–Crippen LogP) is 6.53. The van der Waals surface area contributed by atoms with E-state index in [0.717, 1.165) is 5.56 Å². The summed E-state index contributed by atoms with van der Waals surface area (Å²) in [4.78, 5) is 26.0. The summed E-state index contributed by atoms with van der Waals surface area (Å²) in [5, 5.41) is 0. The molecule has 0 heterocycles. The van der Waals surface area contributed by atoms with Gasteiger partial charge in [0, 0.05) is 11.1 Å². The first-order valence-electron chi connectivity index (χ1n) is 10.5. The van der Waals surface area contributed by atoms with Gasteiger partial charge >= 0.3 is 11.9 Å². The number of carbonyl (C=O) groups excluding carboxylic acids is 2. The van der Waals surface area contributed by atoms with Crippen molar-refractivity contribution in [2.45, 2.75) is 6.92 Å². The average molecular weight is 434 g/mol. The zero-order valence-corrected chi connectivity index (χ0v) is 18.1. The minimum absolute atomic E-state index is 0.164. The largest absolute Gasteiger partial charge is 0.418 e. The molecule has 0 spiro atoms. The second-order valence-electron chi connectivity index (χ2n) is 7.40. The monoisotopic (exact) mass is 434 g/mol. The first-order chi connectivity index (χ1) is 16.1. The maximum atomic E-state index is 13.0. The maximum Gasteiger partial charge on any atom is 0.343 e. The first kappa shape index (κ1) is 21.8. The Kier molecular flexibility index (Phi) is 6.76. The molecular formula is C29H22O4. The Hall–Kier alpha value is -4.44. The number of hydrogen-bond acceptors (Lipinski definition) is 4. The molecule has 0 aromatic heterocycles. The Labute approximate surface area is 192 Å². The number of ether oxygens (including phenoxy) is 2. The van der Waals surface area contributed by atoms with Gasteiger partial charge in [0.2, 0.25) is 0 Å². The minimum atomic E-state index is -0.546. The SMILES string of the molecule is Cc1ccc(C(OC(=O)c2ccccc2)=C(OC(=O)c2ccccc2)c2ccccc2)cc1. The molecule has 162 valence electrons. The second-order valence-corrected chi connectivity index (χ2v) is 7.40. The molecule has 33 heavy (non-hydrogen) atoms. The van der Waals surface area contributed by atoms with Gasteiger partial charge in [0.15, 0.2) is 11.5 Å². The Balaban J connectivity index is 1.84. The van der Waals surface area contributed by atoms with Crippen molar-refractivity contribution in [2.24, 2.45) is 0 Å². The number of esters is 2. The van der Waals surface area contributed by atoms with Crippen molar-refractivity contribution in [2.75, 3.05) is 0 Å². The smallest absolute Gasteiger partial charge is 0.343 e. The van der Waals surface area contributed by atoms with Crippen molar-refractivity contribution in [1.82, 2.24) is 0 Å². The van der Waals surface area contributed by atoms with Gasteiger partial charge in [-0.2, -0.15) is 0 Å². The Morgan fingerprint density at radius 3 is 1.18 bits per heavy atom. The third-order valence-corrected chi connectivity index (χ3v) is 4.96. The highest BCUT2D eigenvalue weighted by Gasteiger charge is 2.22. The van der Waals surface area contributed by atoms with E-state index in [-0.39, 0.29) is 11.5 Å². The molecule has 0 atom stereocenters. The van der Waals surface area contributed by atoms with Crippen LogP contribution in [0.15, 0.2) is 115 Å². The molecule has 4 nitrogen and oxygen atoms in total. The van der Waals surface area contributed by atoms with E-state index in [1.165, 1.54) is 0 Å². The van der Waals surface area contributed by atoms with Crippen LogP contribution >= 0.6 is 0 Å². The molecule has 0 amide bonds. The van der Waals surface area contributed by atoms with Crippen molar-refractivity contribution in [3.05, 3.63) is 143 Å². The lowest BCUT2D eigenvalue weighted by atomic mass is 10.1. The zero-order valence-electron chi connectivity index (χ0n) is 18.1. The highest BCUT2D eigenvalue weighted by molar-refractivity contribution is 6.00. The zero-order chi connectivity index (χ0) is 23.0. The molecular weight excluding hydrogens is 412 g/mol. The quantitative estimate of drug-likeness (QED) is 0.197. The highest BCUT2D eigenvalue weighted by atomic mass is 16.6. The molecule has 0 aliphatic heterocycles. The fraction of sp³-hybridized carbons (Fsp3) is 0.0345. The van der Waals surface area contributed by atoms with E-state index < -0.39 is 11.9 Å². The molecule has 0 saturated carbocycles. The summed E-state index contributed by atoms with van der Waals surface area (Å²) in [6, 6.07) is 34.0. The number of carbonyl (C=O) groups is 2. The summed E-state index contributed by atoms with van der Waals surface area (Å²) in [6.07, 6.45) is 0. The number of aryl methyl sites for hydroxylation is 1. The molecule has 0 fully saturated rings. The summed E-state index contributed by atoms with van der Waals surface area (Å²) < 4.78 is 11.7. The molecule has 0 unspecified atom stereocenters. The maximum absolute atomic E-state index is 13.0. The van der Waals surface area contributed by atoms with E-state index in [9.17, 15) is 9.59 Å². The molecule has 0 radical (unpaired) electrons. The summed E-state index contributed by atoms with van der Waals surface area (Å²) >= 11 is 0. The number of benzene rings is 4. The van der Waals surface area contributed by atoms with Crippen LogP contribution in [0, 0.1) is 6.92 Å². The van der Waals surface area contributed by atoms with Gasteiger partial charge in [-0.15, -0.1) is 0 Å². The molecule has 0 saturated heterocycles. The highest BCUT2D eigenvalue weighted by Crippen LogP contribution is 2.30. The third kappa shape index (κ3) is 5.43. The minimum Gasteiger partial charge on any atom is -0.418 e. The van der Waals surface area contributed by atoms with Crippen molar-refractivity contribution in [1.29, 1.82) is 0 Å². The lowest BCUT2D eigenvalue weighted by Crippen LogP contribution is -2.11. The Bertz CT molecular complexity index is 1260. The van der Waals surface area contributed by atoms with Crippen molar-refractivity contribution < 1.29 is 19.1 Å². The summed E-state index contributed by atoms with van der Waals surface area (Å²) in [7, 11) is 0. The molecule has 4 rings (SSSR count). The van der Waals surface area contributed by atoms with E-state index in [1.807, 2.05) is 61.5 Å². The second kappa shape index (κ2) is 10.2. The first-order valence-corrected chi connectivity index (χ1v) is 10.5. The van der Waals surface area contributed by atoms with Gasteiger partial charge in [-0.3, -0.25) is 0 Å². The van der Waals surface area contributed by atoms with Gasteiger partial charge in [-0.25, -0.2) is 9.59 Å². The van der Waals surface area contributed by atoms with Crippen LogP contribution in [0.2, 0.25) is 0 Å². The van der Waals surface area contributed by atoms with Gasteiger partial charge in [0.05, 0.1) is 11.1 Å². The van der Waals surface area contributed by atoms with Crippen molar-refractivity contribution in [3.63, 3.8) is 0 Å². The van der Waals surface area contributed by atoms with Crippen LogP contribution in [-0.2, 0) is 9.47 Å². The lowest BCUT2D eigenvalue weighted by molar-refractivity contribution is 0.0647. The van der Waals surface area contributed by atoms with Crippen LogP contribution in [0.1, 0.15) is 37.4 Å². The van der Waals surface area contributed by atoms with E-state index >= 15 is 0 Å². The van der Waals surface area contributed by atoms with Crippen LogP contribution < -0.4 is 0 Å². The van der Waals surface area contributed by atoms with Crippen LogP contribution in [-0.4, -0.2) is 11.9 Å². The van der Waals surface area contributed by atoms with E-state index in [0.29, 0.717) is 22.3 Å². The third-order valence-electron chi connectivity index (χ3n) is 4.96. The number of rotatable bonds is 6. The molecule has 0 aliphatic rings. The summed E-state index contributed by atoms with van der Waals surface area (Å²) in [6.45, 7) is 1.97. The van der Waals surface area contributed by atoms with E-state index in [4.69, 9.17) is 9.47 Å². The molecule has 0 bridgehead atoms. The number of hydrogen-bond donors (Lipinski definition) is 0. The summed E-state index contributed by atoms with van der Waals surface area (Å²) in [5.41, 5.74) is 3.06. The van der Waals surface area contributed by atoms with Crippen LogP contribution in [0.5, 0.6) is 0 Å². The van der Waals surface area contributed by atoms with Gasteiger partial charge in [-0.1, -0.05) is 96.6 Å². The average Bonchev–Trinajstić information content (AvgIpc) is 2.88. The fourth-order valence-corrected chi connectivity index (χ4v) is 3.22. The Morgan fingerprint density at radius 1 is 0.455 bits per heavy atom. The molecule has 4 aromatic carbocycles. The summed E-state index contributed by atoms with van der Waals surface area (Å²) in [5.74, 6) is -0.762. The molecule has 4 aromatic rings. The molecule has 4 heteroatoms. The van der Waals surface area contributed by atoms with Crippen molar-refractivity contribution >= 4 is 23.5 Å². The molecule has 0 N–H and O–H groups in total. The van der Waals surface area contributed by atoms with Gasteiger partial charge in [0.1, 0.15) is 0 Å². The Morgan fingerprint density at radius 2 is 0.788 bits per heavy atom. The van der Waals surface area contributed by atoms with E-state index in [1.54, 1.807) is 60.7 Å². The standard InChI is InChI=1S/C29H22O4/c1-21-17-19-23(20-18-21)27(33-29(31)25-15-9-4-10-16-25)26(22-11-5-2-6-12-22)32-28(30)24-13-7-3-8-14-24/h2-20H,1H3. The fourth-order valence-electron chi connectivity index (χ4n) is 3.22. The van der Waals surface area contributed by atoms with Crippen LogP contribution in [0.3, 0.4) is 0 Å². The predicted molar refractivity (Wildman–Crippen MR) is 128 cm³/mol. The topological polar surface area (TPSA) is 52.6 Å². The van der Waals surface area contributed by atoms with Crippen LogP contribution in [0.25, 0.3) is 11.5 Å².